The number of methoxy groups -OCH3 is 1. The molecule has 1 aliphatic heterocycles. The summed E-state index contributed by atoms with van der Waals surface area (Å²) in [6, 6.07) is 16.7. The first-order chi connectivity index (χ1) is 16.4. The Kier molecular flexibility index (Phi) is 9.96. The molecule has 7 heteroatoms. The fourth-order valence-corrected chi connectivity index (χ4v) is 6.32. The Morgan fingerprint density at radius 3 is 2.41 bits per heavy atom. The maximum atomic E-state index is 13.4. The van der Waals surface area contributed by atoms with E-state index < -0.39 is 21.1 Å². The first kappa shape index (κ1) is 26.2. The third-order valence-corrected chi connectivity index (χ3v) is 8.61. The Hall–Kier alpha value is -2.38. The SMILES string of the molecule is CCCC(Oc1ccccc1CC(CC(=O)OC)S(=O)(=O)Cc1ccccc1)C1CCNCC1. The molecule has 2 unspecified atom stereocenters. The van der Waals surface area contributed by atoms with E-state index in [0.717, 1.165) is 44.3 Å². The van der Waals surface area contributed by atoms with Crippen LogP contribution in [0, 0.1) is 5.92 Å². The molecule has 1 saturated heterocycles. The van der Waals surface area contributed by atoms with E-state index in [1.165, 1.54) is 7.11 Å². The van der Waals surface area contributed by atoms with Crippen molar-refractivity contribution in [3.8, 4) is 5.75 Å². The smallest absolute Gasteiger partial charge is 0.306 e. The van der Waals surface area contributed by atoms with Crippen LogP contribution < -0.4 is 10.1 Å². The van der Waals surface area contributed by atoms with E-state index in [2.05, 4.69) is 12.2 Å². The van der Waals surface area contributed by atoms with E-state index >= 15 is 0 Å². The third kappa shape index (κ3) is 7.57. The Balaban J connectivity index is 1.84. The molecular formula is C27H37NO5S. The zero-order chi connectivity index (χ0) is 24.4. The van der Waals surface area contributed by atoms with Gasteiger partial charge in [0.25, 0.3) is 0 Å². The second kappa shape index (κ2) is 12.9. The van der Waals surface area contributed by atoms with Crippen molar-refractivity contribution in [2.24, 2.45) is 5.92 Å². The molecular weight excluding hydrogens is 450 g/mol. The fourth-order valence-electron chi connectivity index (χ4n) is 4.61. The van der Waals surface area contributed by atoms with Gasteiger partial charge in [-0.1, -0.05) is 61.9 Å². The minimum absolute atomic E-state index is 0.0910. The van der Waals surface area contributed by atoms with Gasteiger partial charge in [0.15, 0.2) is 9.84 Å². The van der Waals surface area contributed by atoms with Crippen molar-refractivity contribution in [3.63, 3.8) is 0 Å². The zero-order valence-corrected chi connectivity index (χ0v) is 21.1. The molecule has 0 spiro atoms. The maximum Gasteiger partial charge on any atom is 0.306 e. The predicted molar refractivity (Wildman–Crippen MR) is 135 cm³/mol. The van der Waals surface area contributed by atoms with Crippen LogP contribution >= 0.6 is 0 Å². The van der Waals surface area contributed by atoms with Gasteiger partial charge < -0.3 is 14.8 Å². The molecule has 0 aromatic heterocycles. The van der Waals surface area contributed by atoms with Gasteiger partial charge in [0.1, 0.15) is 11.9 Å². The molecule has 0 amide bonds. The normalized spacial score (nSPS) is 16.5. The highest BCUT2D eigenvalue weighted by Crippen LogP contribution is 2.30. The molecule has 6 nitrogen and oxygen atoms in total. The van der Waals surface area contributed by atoms with Crippen LogP contribution in [0.15, 0.2) is 54.6 Å². The molecule has 1 heterocycles. The van der Waals surface area contributed by atoms with Gasteiger partial charge in [-0.05, 0) is 61.9 Å². The second-order valence-electron chi connectivity index (χ2n) is 9.04. The highest BCUT2D eigenvalue weighted by atomic mass is 32.2. The van der Waals surface area contributed by atoms with Crippen molar-refractivity contribution in [2.45, 2.75) is 62.6 Å². The molecule has 0 aliphatic carbocycles. The lowest BCUT2D eigenvalue weighted by Gasteiger charge is -2.32. The largest absolute Gasteiger partial charge is 0.490 e. The summed E-state index contributed by atoms with van der Waals surface area (Å²) in [4.78, 5) is 12.1. The second-order valence-corrected chi connectivity index (χ2v) is 11.3. The number of rotatable bonds is 12. The molecule has 1 N–H and O–H groups in total. The van der Waals surface area contributed by atoms with Gasteiger partial charge in [-0.15, -0.1) is 0 Å². The predicted octanol–water partition coefficient (Wildman–Crippen LogP) is 4.32. The number of carbonyl (C=O) groups excluding carboxylic acids is 1. The number of hydrogen-bond donors (Lipinski definition) is 1. The number of ether oxygens (including phenoxy) is 2. The monoisotopic (exact) mass is 487 g/mol. The first-order valence-electron chi connectivity index (χ1n) is 12.2. The molecule has 2 atom stereocenters. The summed E-state index contributed by atoms with van der Waals surface area (Å²) < 4.78 is 38.1. The Morgan fingerprint density at radius 1 is 1.06 bits per heavy atom. The quantitative estimate of drug-likeness (QED) is 0.449. The number of piperidine rings is 1. The molecule has 2 aromatic carbocycles. The van der Waals surface area contributed by atoms with Crippen molar-refractivity contribution in [3.05, 3.63) is 65.7 Å². The summed E-state index contributed by atoms with van der Waals surface area (Å²) in [5, 5.41) is 2.51. The third-order valence-electron chi connectivity index (χ3n) is 6.52. The van der Waals surface area contributed by atoms with Crippen LogP contribution in [0.25, 0.3) is 0 Å². The van der Waals surface area contributed by atoms with E-state index in [4.69, 9.17) is 9.47 Å². The molecule has 0 bridgehead atoms. The lowest BCUT2D eigenvalue weighted by Crippen LogP contribution is -2.37. The van der Waals surface area contributed by atoms with Gasteiger partial charge in [-0.3, -0.25) is 4.79 Å². The van der Waals surface area contributed by atoms with E-state index in [0.29, 0.717) is 17.2 Å². The summed E-state index contributed by atoms with van der Waals surface area (Å²) in [6.45, 7) is 4.15. The summed E-state index contributed by atoms with van der Waals surface area (Å²) in [5.41, 5.74) is 1.51. The Morgan fingerprint density at radius 2 is 1.74 bits per heavy atom. The molecule has 0 radical (unpaired) electrons. The van der Waals surface area contributed by atoms with Crippen molar-refractivity contribution >= 4 is 15.8 Å². The number of sulfone groups is 1. The number of para-hydroxylation sites is 1. The van der Waals surface area contributed by atoms with Gasteiger partial charge in [0, 0.05) is 0 Å². The number of benzene rings is 2. The van der Waals surface area contributed by atoms with Crippen LogP contribution in [0.3, 0.4) is 0 Å². The van der Waals surface area contributed by atoms with Gasteiger partial charge in [0.2, 0.25) is 0 Å². The van der Waals surface area contributed by atoms with Crippen molar-refractivity contribution in [2.75, 3.05) is 20.2 Å². The van der Waals surface area contributed by atoms with E-state index in [1.807, 2.05) is 42.5 Å². The number of carbonyl (C=O) groups is 1. The van der Waals surface area contributed by atoms with Crippen LogP contribution in [-0.2, 0) is 31.5 Å². The average Bonchev–Trinajstić information content (AvgIpc) is 2.85. The van der Waals surface area contributed by atoms with Crippen LogP contribution in [0.1, 0.15) is 50.2 Å². The molecule has 2 aromatic rings. The van der Waals surface area contributed by atoms with E-state index in [-0.39, 0.29) is 24.7 Å². The average molecular weight is 488 g/mol. The minimum Gasteiger partial charge on any atom is -0.490 e. The summed E-state index contributed by atoms with van der Waals surface area (Å²) in [7, 11) is -2.33. The van der Waals surface area contributed by atoms with Crippen LogP contribution in [0.2, 0.25) is 0 Å². The zero-order valence-electron chi connectivity index (χ0n) is 20.2. The Labute approximate surface area is 204 Å². The molecule has 1 aliphatic rings. The lowest BCUT2D eigenvalue weighted by atomic mass is 9.89. The lowest BCUT2D eigenvalue weighted by molar-refractivity contribution is -0.140. The van der Waals surface area contributed by atoms with Crippen LogP contribution in [0.4, 0.5) is 0 Å². The van der Waals surface area contributed by atoms with Crippen molar-refractivity contribution in [1.82, 2.24) is 5.32 Å². The molecule has 186 valence electrons. The van der Waals surface area contributed by atoms with Gasteiger partial charge in [0.05, 0.1) is 24.5 Å². The number of nitrogens with one attached hydrogen (secondary N) is 1. The topological polar surface area (TPSA) is 81.7 Å². The minimum atomic E-state index is -3.62. The maximum absolute atomic E-state index is 13.4. The van der Waals surface area contributed by atoms with Crippen LogP contribution in [0.5, 0.6) is 5.75 Å². The summed E-state index contributed by atoms with van der Waals surface area (Å²) >= 11 is 0. The van der Waals surface area contributed by atoms with Crippen molar-refractivity contribution < 1.29 is 22.7 Å². The van der Waals surface area contributed by atoms with Crippen LogP contribution in [-0.4, -0.2) is 45.9 Å². The molecule has 1 fully saturated rings. The summed E-state index contributed by atoms with van der Waals surface area (Å²) in [5.74, 6) is 0.538. The summed E-state index contributed by atoms with van der Waals surface area (Å²) in [6.07, 6.45) is 4.22. The fraction of sp³-hybridized carbons (Fsp3) is 0.519. The Bertz CT molecular complexity index is 1000. The molecule has 34 heavy (non-hydrogen) atoms. The van der Waals surface area contributed by atoms with Crippen molar-refractivity contribution in [1.29, 1.82) is 0 Å². The van der Waals surface area contributed by atoms with Gasteiger partial charge in [-0.2, -0.15) is 0 Å². The van der Waals surface area contributed by atoms with E-state index in [9.17, 15) is 13.2 Å². The highest BCUT2D eigenvalue weighted by molar-refractivity contribution is 7.91. The van der Waals surface area contributed by atoms with E-state index in [1.54, 1.807) is 12.1 Å². The molecule has 0 saturated carbocycles. The number of hydrogen-bond acceptors (Lipinski definition) is 6. The highest BCUT2D eigenvalue weighted by Gasteiger charge is 2.31. The number of esters is 1. The first-order valence-corrected chi connectivity index (χ1v) is 13.9. The standard InChI is InChI=1S/C27H37NO5S/c1-3-9-25(22-14-16-28-17-15-22)33-26-13-8-7-12-23(26)18-24(19-27(29)32-2)34(30,31)20-21-10-5-4-6-11-21/h4-8,10-13,22,24-25,28H,3,9,14-20H2,1-2H3. The van der Waals surface area contributed by atoms with Gasteiger partial charge in [-0.25, -0.2) is 8.42 Å². The molecule has 3 rings (SSSR count). The van der Waals surface area contributed by atoms with Gasteiger partial charge >= 0.3 is 5.97 Å².